The Balaban J connectivity index is 0.804. The molecule has 7 nitrogen and oxygen atoms in total. The van der Waals surface area contributed by atoms with Crippen molar-refractivity contribution in [1.82, 2.24) is 4.90 Å². The summed E-state index contributed by atoms with van der Waals surface area (Å²) in [6, 6.07) is -0.787. The maximum Gasteiger partial charge on any atom is 0.109 e. The highest BCUT2D eigenvalue weighted by Crippen LogP contribution is 2.61. The second-order valence-electron chi connectivity index (χ2n) is 17.9. The molecule has 9 fully saturated rings. The number of hydrogen-bond acceptors (Lipinski definition) is 7. The van der Waals surface area contributed by atoms with Crippen molar-refractivity contribution in [3.8, 4) is 0 Å². The molecule has 1 saturated heterocycles. The van der Waals surface area contributed by atoms with E-state index in [2.05, 4.69) is 4.90 Å². The van der Waals surface area contributed by atoms with E-state index in [1.54, 1.807) is 0 Å². The molecule has 0 aromatic heterocycles. The molecule has 0 amide bonds. The van der Waals surface area contributed by atoms with Crippen LogP contribution >= 0.6 is 0 Å². The van der Waals surface area contributed by atoms with Crippen LogP contribution in [0.3, 0.4) is 0 Å². The first kappa shape index (κ1) is 33.2. The smallest absolute Gasteiger partial charge is 0.109 e. The summed E-state index contributed by atoms with van der Waals surface area (Å²) in [5.74, 6) is 5.78. The van der Waals surface area contributed by atoms with Gasteiger partial charge in [0.1, 0.15) is 12.2 Å². The van der Waals surface area contributed by atoms with Crippen molar-refractivity contribution in [2.45, 2.75) is 152 Å². The number of rotatable bonds is 17. The van der Waals surface area contributed by atoms with Crippen molar-refractivity contribution in [2.24, 2.45) is 46.3 Å². The van der Waals surface area contributed by atoms with Gasteiger partial charge in [-0.05, 0) is 162 Å². The summed E-state index contributed by atoms with van der Waals surface area (Å²) in [6.45, 7) is 4.00. The van der Waals surface area contributed by atoms with E-state index in [0.717, 1.165) is 107 Å². The number of aliphatic hydroxyl groups is 4. The van der Waals surface area contributed by atoms with E-state index in [4.69, 9.17) is 9.47 Å². The molecule has 5 atom stereocenters. The summed E-state index contributed by atoms with van der Waals surface area (Å²) in [5.41, 5.74) is 0.941. The molecule has 45 heavy (non-hydrogen) atoms. The molecule has 8 aliphatic carbocycles. The maximum atomic E-state index is 11.0. The molecule has 9 aliphatic rings. The summed E-state index contributed by atoms with van der Waals surface area (Å²) >= 11 is 0. The molecule has 8 saturated carbocycles. The Kier molecular flexibility index (Phi) is 10.6. The molecule has 0 aromatic carbocycles. The molecule has 1 heterocycles. The first-order chi connectivity index (χ1) is 21.8. The van der Waals surface area contributed by atoms with Crippen LogP contribution in [0.15, 0.2) is 0 Å². The van der Waals surface area contributed by atoms with Gasteiger partial charge < -0.3 is 29.9 Å². The van der Waals surface area contributed by atoms with E-state index in [0.29, 0.717) is 17.4 Å². The second-order valence-corrected chi connectivity index (χ2v) is 17.9. The lowest BCUT2D eigenvalue weighted by atomic mass is 9.50. The summed E-state index contributed by atoms with van der Waals surface area (Å²) in [6.07, 6.45) is 20.6. The Labute approximate surface area is 272 Å². The molecule has 258 valence electrons. The number of ether oxygens (including phenoxy) is 2. The van der Waals surface area contributed by atoms with Crippen molar-refractivity contribution >= 4 is 0 Å². The van der Waals surface area contributed by atoms with Gasteiger partial charge in [0.2, 0.25) is 0 Å². The van der Waals surface area contributed by atoms with Gasteiger partial charge in [0.15, 0.2) is 0 Å². The Hall–Kier alpha value is -0.280. The highest BCUT2D eigenvalue weighted by atomic mass is 16.5. The first-order valence-electron chi connectivity index (χ1n) is 19.4. The molecular formula is C38H65NO6. The van der Waals surface area contributed by atoms with Gasteiger partial charge in [-0.25, -0.2) is 0 Å². The lowest BCUT2D eigenvalue weighted by Gasteiger charge is -2.56. The SMILES string of the molecule is OC[C@@H]1[C@@H](O)[C@H](O)[C@@H](O)[C@H](CCCCCOCC23CC4CC(CC(C4)C2)C3)N1CCCCCOCC12CC3CC(CC(C3)C1)C2. The van der Waals surface area contributed by atoms with Crippen LogP contribution in [0.2, 0.25) is 0 Å². The van der Waals surface area contributed by atoms with Crippen LogP contribution in [0, 0.1) is 46.3 Å². The molecule has 4 N–H and O–H groups in total. The Morgan fingerprint density at radius 2 is 0.933 bits per heavy atom. The largest absolute Gasteiger partial charge is 0.395 e. The zero-order chi connectivity index (χ0) is 31.0. The summed E-state index contributed by atoms with van der Waals surface area (Å²) < 4.78 is 12.6. The van der Waals surface area contributed by atoms with E-state index in [9.17, 15) is 20.4 Å². The summed E-state index contributed by atoms with van der Waals surface area (Å²) in [4.78, 5) is 2.10. The first-order valence-corrected chi connectivity index (χ1v) is 19.4. The number of aliphatic hydroxyl groups excluding tert-OH is 4. The molecule has 0 radical (unpaired) electrons. The minimum atomic E-state index is -1.22. The van der Waals surface area contributed by atoms with Crippen molar-refractivity contribution < 1.29 is 29.9 Å². The van der Waals surface area contributed by atoms with Gasteiger partial charge in [0.05, 0.1) is 32.0 Å². The quantitative estimate of drug-likeness (QED) is 0.161. The fourth-order valence-electron chi connectivity index (χ4n) is 13.1. The zero-order valence-corrected chi connectivity index (χ0v) is 28.1. The number of nitrogens with zero attached hydrogens (tertiary/aromatic N) is 1. The number of hydrogen-bond donors (Lipinski definition) is 4. The molecule has 0 unspecified atom stereocenters. The Bertz CT molecular complexity index is 888. The van der Waals surface area contributed by atoms with Crippen LogP contribution in [-0.2, 0) is 9.47 Å². The second kappa shape index (κ2) is 14.3. The van der Waals surface area contributed by atoms with E-state index in [1.165, 1.54) is 77.0 Å². The summed E-state index contributed by atoms with van der Waals surface area (Å²) in [7, 11) is 0. The molecule has 0 aromatic rings. The summed E-state index contributed by atoms with van der Waals surface area (Å²) in [5, 5.41) is 42.5. The third-order valence-electron chi connectivity index (χ3n) is 14.2. The van der Waals surface area contributed by atoms with Gasteiger partial charge in [-0.2, -0.15) is 0 Å². The van der Waals surface area contributed by atoms with E-state index in [-0.39, 0.29) is 12.6 Å². The van der Waals surface area contributed by atoms with Gasteiger partial charge in [-0.3, -0.25) is 4.90 Å². The molecule has 0 spiro atoms. The third-order valence-corrected chi connectivity index (χ3v) is 14.2. The minimum Gasteiger partial charge on any atom is -0.395 e. The number of likely N-dealkylation sites (tertiary alicyclic amines) is 1. The lowest BCUT2D eigenvalue weighted by molar-refractivity contribution is -0.172. The predicted molar refractivity (Wildman–Crippen MR) is 175 cm³/mol. The van der Waals surface area contributed by atoms with E-state index >= 15 is 0 Å². The fourth-order valence-corrected chi connectivity index (χ4v) is 13.1. The Morgan fingerprint density at radius 3 is 1.38 bits per heavy atom. The highest BCUT2D eigenvalue weighted by molar-refractivity contribution is 5.03. The highest BCUT2D eigenvalue weighted by Gasteiger charge is 2.52. The predicted octanol–water partition coefficient (Wildman–Crippen LogP) is 5.31. The molecule has 7 heteroatoms. The number of piperidine rings is 1. The van der Waals surface area contributed by atoms with Crippen molar-refractivity contribution in [3.05, 3.63) is 0 Å². The zero-order valence-electron chi connectivity index (χ0n) is 28.1. The average Bonchev–Trinajstić information content (AvgIpc) is 2.99. The molecular weight excluding hydrogens is 566 g/mol. The Morgan fingerprint density at radius 1 is 0.511 bits per heavy atom. The molecule has 1 aliphatic heterocycles. The third kappa shape index (κ3) is 7.35. The van der Waals surface area contributed by atoms with Crippen LogP contribution in [0.4, 0.5) is 0 Å². The van der Waals surface area contributed by atoms with Gasteiger partial charge in [-0.1, -0.05) is 12.8 Å². The topological polar surface area (TPSA) is 103 Å². The standard InChI is InChI=1S/C38H65NO6/c40-23-33-35(42)36(43)34(41)32(7-3-1-5-9-44-24-37-17-26-11-27(18-37)13-28(12-26)19-37)39(33)8-4-2-6-10-45-25-38-20-29-14-30(21-38)16-31(15-29)22-38/h26-36,40-43H,1-25H2/t26?,27?,28?,29?,30?,31?,32-,33+,34-,35+,36+,37?,38?/m0/s1. The lowest BCUT2D eigenvalue weighted by Crippen LogP contribution is -2.67. The van der Waals surface area contributed by atoms with Gasteiger partial charge in [-0.15, -0.1) is 0 Å². The normalized spacial score (nSPS) is 46.8. The maximum absolute atomic E-state index is 11.0. The van der Waals surface area contributed by atoms with Crippen molar-refractivity contribution in [2.75, 3.05) is 39.6 Å². The van der Waals surface area contributed by atoms with Crippen molar-refractivity contribution in [1.29, 1.82) is 0 Å². The van der Waals surface area contributed by atoms with Gasteiger partial charge >= 0.3 is 0 Å². The van der Waals surface area contributed by atoms with Gasteiger partial charge in [0, 0.05) is 19.3 Å². The minimum absolute atomic E-state index is 0.214. The number of unbranched alkanes of at least 4 members (excludes halogenated alkanes) is 4. The average molecular weight is 632 g/mol. The van der Waals surface area contributed by atoms with E-state index < -0.39 is 24.4 Å². The molecule has 9 rings (SSSR count). The van der Waals surface area contributed by atoms with E-state index in [1.807, 2.05) is 0 Å². The van der Waals surface area contributed by atoms with Crippen LogP contribution in [-0.4, -0.2) is 95.3 Å². The van der Waals surface area contributed by atoms with Crippen LogP contribution in [0.1, 0.15) is 122 Å². The van der Waals surface area contributed by atoms with Crippen LogP contribution in [0.25, 0.3) is 0 Å². The monoisotopic (exact) mass is 631 g/mol. The van der Waals surface area contributed by atoms with Crippen LogP contribution < -0.4 is 0 Å². The fraction of sp³-hybridized carbons (Fsp3) is 1.00. The van der Waals surface area contributed by atoms with Crippen molar-refractivity contribution in [3.63, 3.8) is 0 Å². The molecule has 8 bridgehead atoms. The van der Waals surface area contributed by atoms with Crippen LogP contribution in [0.5, 0.6) is 0 Å². The van der Waals surface area contributed by atoms with Gasteiger partial charge in [0.25, 0.3) is 0 Å².